The molecule has 1 rings (SSSR count). The van der Waals surface area contributed by atoms with Crippen LogP contribution in [0.15, 0.2) is 30.4 Å². The number of phenolic OH excluding ortho intramolecular Hbond substituents is 2. The van der Waals surface area contributed by atoms with Crippen molar-refractivity contribution < 1.29 is 10.2 Å². The van der Waals surface area contributed by atoms with Crippen LogP contribution in [-0.4, -0.2) is 10.2 Å². The van der Waals surface area contributed by atoms with Gasteiger partial charge in [-0.1, -0.05) is 83.3 Å². The van der Waals surface area contributed by atoms with Crippen molar-refractivity contribution >= 4 is 0 Å². The van der Waals surface area contributed by atoms with Gasteiger partial charge >= 0.3 is 0 Å². The summed E-state index contributed by atoms with van der Waals surface area (Å²) in [6.45, 7) is 2.28. The molecule has 0 unspecified atom stereocenters. The number of hydrogen-bond donors (Lipinski definition) is 2. The number of benzene rings is 1. The third kappa shape index (κ3) is 14.3. The molecular weight excluding hydrogens is 332 g/mol. The number of hydrogen-bond acceptors (Lipinski definition) is 2. The summed E-state index contributed by atoms with van der Waals surface area (Å²) >= 11 is 0. The van der Waals surface area contributed by atoms with Crippen molar-refractivity contribution in [3.05, 3.63) is 35.9 Å². The molecule has 2 N–H and O–H groups in total. The van der Waals surface area contributed by atoms with E-state index in [1.807, 2.05) is 0 Å². The lowest BCUT2D eigenvalue weighted by atomic mass is 10.0. The maximum atomic E-state index is 9.47. The first-order valence-electron chi connectivity index (χ1n) is 11.4. The molecule has 0 aliphatic heterocycles. The Balaban J connectivity index is 1.84. The highest BCUT2D eigenvalue weighted by atomic mass is 16.3. The Kier molecular flexibility index (Phi) is 14.6. The summed E-state index contributed by atoms with van der Waals surface area (Å²) in [5.74, 6) is 0.313. The average molecular weight is 375 g/mol. The topological polar surface area (TPSA) is 40.5 Å². The Bertz CT molecular complexity index is 473. The monoisotopic (exact) mass is 374 g/mol. The normalized spacial score (nSPS) is 11.4. The van der Waals surface area contributed by atoms with E-state index < -0.39 is 0 Å². The molecule has 0 saturated carbocycles. The standard InChI is InChI=1S/C25H42O2/c1-2-3-4-5-6-7-8-9-10-11-12-13-14-15-16-17-18-19-23-20-24(26)22-25(27)21-23/h11-12,20-22,26-27H,2-10,13-19H2,1H3/b12-11-. The van der Waals surface area contributed by atoms with Gasteiger partial charge in [-0.05, 0) is 56.2 Å². The summed E-state index contributed by atoms with van der Waals surface area (Å²) in [7, 11) is 0. The molecule has 0 atom stereocenters. The lowest BCUT2D eigenvalue weighted by Crippen LogP contribution is -1.86. The number of unbranched alkanes of at least 4 members (excludes halogenated alkanes) is 13. The molecule has 154 valence electrons. The van der Waals surface area contributed by atoms with E-state index in [1.54, 1.807) is 12.1 Å². The van der Waals surface area contributed by atoms with Crippen molar-refractivity contribution in [3.8, 4) is 11.5 Å². The molecule has 0 aliphatic rings. The van der Waals surface area contributed by atoms with Gasteiger partial charge in [0.05, 0.1) is 0 Å². The molecule has 2 nitrogen and oxygen atoms in total. The van der Waals surface area contributed by atoms with Gasteiger partial charge in [-0.25, -0.2) is 0 Å². The first-order valence-corrected chi connectivity index (χ1v) is 11.4. The van der Waals surface area contributed by atoms with Gasteiger partial charge in [0.15, 0.2) is 0 Å². The van der Waals surface area contributed by atoms with E-state index in [9.17, 15) is 10.2 Å². The third-order valence-corrected chi connectivity index (χ3v) is 5.19. The predicted octanol–water partition coefficient (Wildman–Crippen LogP) is 8.07. The van der Waals surface area contributed by atoms with Gasteiger partial charge in [0.2, 0.25) is 0 Å². The van der Waals surface area contributed by atoms with Crippen molar-refractivity contribution in [1.82, 2.24) is 0 Å². The maximum Gasteiger partial charge on any atom is 0.119 e. The zero-order chi connectivity index (χ0) is 19.6. The van der Waals surface area contributed by atoms with Crippen LogP contribution in [0.25, 0.3) is 0 Å². The van der Waals surface area contributed by atoms with E-state index in [0.717, 1.165) is 18.4 Å². The first kappa shape index (κ1) is 23.6. The minimum Gasteiger partial charge on any atom is -0.508 e. The summed E-state index contributed by atoms with van der Waals surface area (Å²) in [5.41, 5.74) is 1.02. The molecule has 0 spiro atoms. The van der Waals surface area contributed by atoms with Gasteiger partial charge in [-0.3, -0.25) is 0 Å². The minimum absolute atomic E-state index is 0.156. The predicted molar refractivity (Wildman–Crippen MR) is 118 cm³/mol. The van der Waals surface area contributed by atoms with Crippen LogP contribution in [0.2, 0.25) is 0 Å². The Hall–Kier alpha value is -1.44. The Morgan fingerprint density at radius 1 is 0.593 bits per heavy atom. The number of aromatic hydroxyl groups is 2. The summed E-state index contributed by atoms with van der Waals surface area (Å²) in [5, 5.41) is 18.9. The van der Waals surface area contributed by atoms with Crippen LogP contribution < -0.4 is 0 Å². The summed E-state index contributed by atoms with van der Waals surface area (Å²) in [4.78, 5) is 0. The van der Waals surface area contributed by atoms with E-state index >= 15 is 0 Å². The molecule has 0 aliphatic carbocycles. The van der Waals surface area contributed by atoms with Crippen molar-refractivity contribution in [2.45, 2.75) is 110 Å². The van der Waals surface area contributed by atoms with Crippen molar-refractivity contribution in [3.63, 3.8) is 0 Å². The van der Waals surface area contributed by atoms with E-state index in [-0.39, 0.29) is 11.5 Å². The average Bonchev–Trinajstić information content (AvgIpc) is 2.63. The second-order valence-electron chi connectivity index (χ2n) is 7.90. The van der Waals surface area contributed by atoms with Crippen molar-refractivity contribution in [1.29, 1.82) is 0 Å². The van der Waals surface area contributed by atoms with Gasteiger partial charge in [0.25, 0.3) is 0 Å². The molecule has 0 radical (unpaired) electrons. The van der Waals surface area contributed by atoms with Gasteiger partial charge in [-0.15, -0.1) is 0 Å². The molecule has 0 heterocycles. The number of phenols is 2. The minimum atomic E-state index is 0.156. The molecule has 0 aromatic heterocycles. The highest BCUT2D eigenvalue weighted by Gasteiger charge is 1.99. The fourth-order valence-corrected chi connectivity index (χ4v) is 3.55. The van der Waals surface area contributed by atoms with Crippen LogP contribution >= 0.6 is 0 Å². The van der Waals surface area contributed by atoms with E-state index in [1.165, 1.54) is 96.0 Å². The Morgan fingerprint density at radius 2 is 1.04 bits per heavy atom. The van der Waals surface area contributed by atoms with Gasteiger partial charge in [0.1, 0.15) is 11.5 Å². The second kappa shape index (κ2) is 16.7. The molecule has 27 heavy (non-hydrogen) atoms. The fourth-order valence-electron chi connectivity index (χ4n) is 3.55. The number of allylic oxidation sites excluding steroid dienone is 2. The zero-order valence-corrected chi connectivity index (χ0v) is 17.6. The lowest BCUT2D eigenvalue weighted by Gasteiger charge is -2.04. The molecule has 0 fully saturated rings. The third-order valence-electron chi connectivity index (χ3n) is 5.19. The number of rotatable bonds is 17. The van der Waals surface area contributed by atoms with Crippen LogP contribution in [0.3, 0.4) is 0 Å². The lowest BCUT2D eigenvalue weighted by molar-refractivity contribution is 0.449. The van der Waals surface area contributed by atoms with Crippen LogP contribution in [-0.2, 0) is 6.42 Å². The largest absolute Gasteiger partial charge is 0.508 e. The summed E-state index contributed by atoms with van der Waals surface area (Å²) < 4.78 is 0. The fraction of sp³-hybridized carbons (Fsp3) is 0.680. The smallest absolute Gasteiger partial charge is 0.119 e. The van der Waals surface area contributed by atoms with E-state index in [2.05, 4.69) is 19.1 Å². The molecule has 0 amide bonds. The van der Waals surface area contributed by atoms with Gasteiger partial charge < -0.3 is 10.2 Å². The van der Waals surface area contributed by atoms with E-state index in [0.29, 0.717) is 0 Å². The van der Waals surface area contributed by atoms with Gasteiger partial charge in [-0.2, -0.15) is 0 Å². The molecular formula is C25H42O2. The van der Waals surface area contributed by atoms with Crippen molar-refractivity contribution in [2.24, 2.45) is 0 Å². The van der Waals surface area contributed by atoms with Crippen LogP contribution in [0.1, 0.15) is 109 Å². The second-order valence-corrected chi connectivity index (χ2v) is 7.90. The molecule has 1 aromatic rings. The van der Waals surface area contributed by atoms with Crippen LogP contribution in [0.5, 0.6) is 11.5 Å². The Labute approximate surface area is 167 Å². The summed E-state index contributed by atoms with van der Waals surface area (Å²) in [6, 6.07) is 4.87. The highest BCUT2D eigenvalue weighted by Crippen LogP contribution is 2.22. The van der Waals surface area contributed by atoms with Gasteiger partial charge in [0, 0.05) is 6.07 Å². The SMILES string of the molecule is CCCCCCCCCC/C=C\CCCCCCCc1cc(O)cc(O)c1. The first-order chi connectivity index (χ1) is 13.2. The Morgan fingerprint density at radius 3 is 1.56 bits per heavy atom. The quantitative estimate of drug-likeness (QED) is 0.214. The van der Waals surface area contributed by atoms with Crippen LogP contribution in [0.4, 0.5) is 0 Å². The van der Waals surface area contributed by atoms with E-state index in [4.69, 9.17) is 0 Å². The molecule has 0 saturated heterocycles. The highest BCUT2D eigenvalue weighted by molar-refractivity contribution is 5.36. The van der Waals surface area contributed by atoms with Crippen LogP contribution in [0, 0.1) is 0 Å². The maximum absolute atomic E-state index is 9.47. The number of aryl methyl sites for hydroxylation is 1. The molecule has 0 bridgehead atoms. The zero-order valence-electron chi connectivity index (χ0n) is 17.6. The van der Waals surface area contributed by atoms with Crippen molar-refractivity contribution in [2.75, 3.05) is 0 Å². The summed E-state index contributed by atoms with van der Waals surface area (Å²) in [6.07, 6.45) is 25.6. The molecule has 2 heteroatoms. The molecule has 1 aromatic carbocycles.